The van der Waals surface area contributed by atoms with Crippen LogP contribution in [0.3, 0.4) is 0 Å². The molecular formula is C33H43N7O4. The molecule has 2 fully saturated rings. The molecule has 3 amide bonds. The zero-order chi connectivity index (χ0) is 31.4. The number of methoxy groups -OCH3 is 1. The molecule has 11 nitrogen and oxygen atoms in total. The van der Waals surface area contributed by atoms with Gasteiger partial charge in [0, 0.05) is 56.6 Å². The highest BCUT2D eigenvalue weighted by Gasteiger charge is 2.54. The van der Waals surface area contributed by atoms with Crippen LogP contribution in [0.4, 0.5) is 5.69 Å². The van der Waals surface area contributed by atoms with E-state index in [-0.39, 0.29) is 17.9 Å². The first-order valence-corrected chi connectivity index (χ1v) is 15.2. The quantitative estimate of drug-likeness (QED) is 0.365. The molecule has 2 saturated heterocycles. The molecule has 2 atom stereocenters. The molecule has 2 aliphatic rings. The highest BCUT2D eigenvalue weighted by atomic mass is 16.5. The number of aromatic nitrogens is 2. The maximum atomic E-state index is 14.1. The van der Waals surface area contributed by atoms with Crippen molar-refractivity contribution >= 4 is 23.4 Å². The summed E-state index contributed by atoms with van der Waals surface area (Å²) in [5.74, 6) is 0.224. The van der Waals surface area contributed by atoms with Crippen LogP contribution in [0.2, 0.25) is 0 Å². The van der Waals surface area contributed by atoms with E-state index in [1.165, 1.54) is 0 Å². The van der Waals surface area contributed by atoms with Crippen molar-refractivity contribution in [2.24, 2.45) is 12.8 Å². The summed E-state index contributed by atoms with van der Waals surface area (Å²) in [4.78, 5) is 51.3. The van der Waals surface area contributed by atoms with Crippen LogP contribution in [0.25, 0.3) is 0 Å². The van der Waals surface area contributed by atoms with Crippen LogP contribution in [-0.4, -0.2) is 87.6 Å². The lowest BCUT2D eigenvalue weighted by atomic mass is 9.85. The fraction of sp³-hybridized carbons (Fsp3) is 0.455. The summed E-state index contributed by atoms with van der Waals surface area (Å²) in [5, 5.41) is 2.95. The number of nitrogens with zero attached hydrogens (tertiary/aromatic N) is 5. The second-order valence-corrected chi connectivity index (χ2v) is 12.1. The Labute approximate surface area is 259 Å². The number of piperidine rings is 1. The summed E-state index contributed by atoms with van der Waals surface area (Å²) in [6.07, 6.45) is 4.93. The standard InChI is InChI=1S/C33H43N7O4/c1-23(2)39-22-40(25-8-6-5-7-9-25)33(32(39)43)14-16-38(17-15-33)31(42)29(18-24-10-12-27(44-4)13-11-24)36-30(41)28(34)19-26-20-35-21-37(26)3/h5-13,20-21,23,28-29H,14-19,22,34H2,1-4H3,(H,36,41)/t28-,29+/m0/s1. The molecule has 0 radical (unpaired) electrons. The third-order valence-corrected chi connectivity index (χ3v) is 8.96. The van der Waals surface area contributed by atoms with Gasteiger partial charge in [-0.3, -0.25) is 14.4 Å². The van der Waals surface area contributed by atoms with Crippen molar-refractivity contribution < 1.29 is 19.1 Å². The van der Waals surface area contributed by atoms with Gasteiger partial charge in [-0.15, -0.1) is 0 Å². The zero-order valence-electron chi connectivity index (χ0n) is 26.0. The Morgan fingerprint density at radius 2 is 1.73 bits per heavy atom. The van der Waals surface area contributed by atoms with Crippen molar-refractivity contribution in [1.29, 1.82) is 0 Å². The summed E-state index contributed by atoms with van der Waals surface area (Å²) >= 11 is 0. The van der Waals surface area contributed by atoms with Gasteiger partial charge in [-0.05, 0) is 56.5 Å². The van der Waals surface area contributed by atoms with Crippen molar-refractivity contribution in [3.63, 3.8) is 0 Å². The molecule has 0 unspecified atom stereocenters. The van der Waals surface area contributed by atoms with E-state index in [9.17, 15) is 14.4 Å². The molecule has 3 N–H and O–H groups in total. The molecule has 5 rings (SSSR count). The molecule has 2 aromatic carbocycles. The molecule has 0 saturated carbocycles. The Morgan fingerprint density at radius 3 is 2.32 bits per heavy atom. The molecule has 0 bridgehead atoms. The first kappa shape index (κ1) is 31.1. The van der Waals surface area contributed by atoms with E-state index in [2.05, 4.69) is 15.2 Å². The fourth-order valence-electron chi connectivity index (χ4n) is 6.25. The molecular weight excluding hydrogens is 558 g/mol. The Balaban J connectivity index is 1.34. The molecule has 234 valence electrons. The molecule has 44 heavy (non-hydrogen) atoms. The maximum absolute atomic E-state index is 14.1. The minimum absolute atomic E-state index is 0.0624. The predicted molar refractivity (Wildman–Crippen MR) is 168 cm³/mol. The number of nitrogens with one attached hydrogen (secondary N) is 1. The number of ether oxygens (including phenoxy) is 1. The average molecular weight is 602 g/mol. The number of amides is 3. The minimum Gasteiger partial charge on any atom is -0.497 e. The van der Waals surface area contributed by atoms with Gasteiger partial charge in [-0.25, -0.2) is 4.98 Å². The van der Waals surface area contributed by atoms with Gasteiger partial charge in [0.2, 0.25) is 17.7 Å². The van der Waals surface area contributed by atoms with E-state index in [1.54, 1.807) is 24.5 Å². The van der Waals surface area contributed by atoms with Gasteiger partial charge in [0.1, 0.15) is 17.3 Å². The molecule has 3 aromatic rings. The van der Waals surface area contributed by atoms with Gasteiger partial charge in [-0.1, -0.05) is 30.3 Å². The number of nitrogens with two attached hydrogens (primary N) is 1. The number of carbonyl (C=O) groups excluding carboxylic acids is 3. The summed E-state index contributed by atoms with van der Waals surface area (Å²) < 4.78 is 7.11. The number of hydrogen-bond acceptors (Lipinski definition) is 7. The summed E-state index contributed by atoms with van der Waals surface area (Å²) in [7, 11) is 3.45. The SMILES string of the molecule is COc1ccc(C[C@@H](NC(=O)[C@@H](N)Cc2cncn2C)C(=O)N2CCC3(CC2)C(=O)N(C(C)C)CN3c2ccccc2)cc1. The third kappa shape index (κ3) is 6.28. The van der Waals surface area contributed by atoms with E-state index >= 15 is 0 Å². The van der Waals surface area contributed by atoms with E-state index in [0.29, 0.717) is 51.2 Å². The number of para-hydroxylation sites is 1. The highest BCUT2D eigenvalue weighted by molar-refractivity contribution is 5.95. The normalized spacial score (nSPS) is 17.7. The second-order valence-electron chi connectivity index (χ2n) is 12.1. The van der Waals surface area contributed by atoms with E-state index < -0.39 is 23.5 Å². The smallest absolute Gasteiger partial charge is 0.250 e. The predicted octanol–water partition coefficient (Wildman–Crippen LogP) is 2.10. The van der Waals surface area contributed by atoms with Gasteiger partial charge in [0.25, 0.3) is 0 Å². The van der Waals surface area contributed by atoms with Crippen LogP contribution in [0, 0.1) is 0 Å². The Bertz CT molecular complexity index is 1450. The van der Waals surface area contributed by atoms with Crippen LogP contribution in [0.5, 0.6) is 5.75 Å². The molecule has 1 aromatic heterocycles. The fourth-order valence-corrected chi connectivity index (χ4v) is 6.25. The number of rotatable bonds is 10. The van der Waals surface area contributed by atoms with Crippen LogP contribution >= 0.6 is 0 Å². The summed E-state index contributed by atoms with van der Waals surface area (Å²) in [6.45, 7) is 5.37. The Morgan fingerprint density at radius 1 is 1.05 bits per heavy atom. The largest absolute Gasteiger partial charge is 0.497 e. The number of benzene rings is 2. The van der Waals surface area contributed by atoms with Crippen LogP contribution < -0.4 is 20.7 Å². The van der Waals surface area contributed by atoms with Gasteiger partial charge < -0.3 is 35.1 Å². The van der Waals surface area contributed by atoms with E-state index in [4.69, 9.17) is 10.5 Å². The van der Waals surface area contributed by atoms with Crippen LogP contribution in [0.15, 0.2) is 67.1 Å². The van der Waals surface area contributed by atoms with Crippen molar-refractivity contribution in [1.82, 2.24) is 24.7 Å². The first-order chi connectivity index (χ1) is 21.1. The molecule has 3 heterocycles. The molecule has 1 spiro atoms. The topological polar surface area (TPSA) is 126 Å². The van der Waals surface area contributed by atoms with Crippen LogP contribution in [-0.2, 0) is 34.3 Å². The molecule has 0 aliphatic carbocycles. The number of carbonyl (C=O) groups is 3. The highest BCUT2D eigenvalue weighted by Crippen LogP contribution is 2.40. The lowest BCUT2D eigenvalue weighted by Gasteiger charge is -2.44. The number of hydrogen-bond donors (Lipinski definition) is 2. The van der Waals surface area contributed by atoms with Gasteiger partial charge in [-0.2, -0.15) is 0 Å². The monoisotopic (exact) mass is 601 g/mol. The lowest BCUT2D eigenvalue weighted by molar-refractivity contribution is -0.141. The zero-order valence-corrected chi connectivity index (χ0v) is 26.0. The van der Waals surface area contributed by atoms with Crippen molar-refractivity contribution in [2.45, 2.75) is 63.2 Å². The molecule has 2 aliphatic heterocycles. The molecule has 11 heteroatoms. The van der Waals surface area contributed by atoms with Gasteiger partial charge >= 0.3 is 0 Å². The number of anilines is 1. The van der Waals surface area contributed by atoms with Gasteiger partial charge in [0.05, 0.1) is 26.1 Å². The first-order valence-electron chi connectivity index (χ1n) is 15.2. The summed E-state index contributed by atoms with van der Waals surface area (Å²) in [6, 6.07) is 15.8. The lowest BCUT2D eigenvalue weighted by Crippen LogP contribution is -2.60. The number of likely N-dealkylation sites (tertiary alicyclic amines) is 1. The van der Waals surface area contributed by atoms with E-state index in [1.807, 2.05) is 85.0 Å². The third-order valence-electron chi connectivity index (χ3n) is 8.96. The second kappa shape index (κ2) is 13.1. The summed E-state index contributed by atoms with van der Waals surface area (Å²) in [5.41, 5.74) is 8.28. The number of imidazole rings is 1. The van der Waals surface area contributed by atoms with Crippen molar-refractivity contribution in [3.8, 4) is 5.75 Å². The van der Waals surface area contributed by atoms with Crippen molar-refractivity contribution in [2.75, 3.05) is 31.8 Å². The average Bonchev–Trinajstić information content (AvgIpc) is 3.57. The Kier molecular flexibility index (Phi) is 9.24. The van der Waals surface area contributed by atoms with Crippen molar-refractivity contribution in [3.05, 3.63) is 78.4 Å². The van der Waals surface area contributed by atoms with Crippen LogP contribution in [0.1, 0.15) is 37.9 Å². The maximum Gasteiger partial charge on any atom is 0.250 e. The van der Waals surface area contributed by atoms with E-state index in [0.717, 1.165) is 16.9 Å². The number of aryl methyl sites for hydroxylation is 1. The minimum atomic E-state index is -0.848. The van der Waals surface area contributed by atoms with Gasteiger partial charge in [0.15, 0.2) is 0 Å². The Hall–Kier alpha value is -4.38.